The number of phenols is 1. The number of hydrogen-bond acceptors (Lipinski definition) is 3. The van der Waals surface area contributed by atoms with Crippen LogP contribution in [0.3, 0.4) is 0 Å². The maximum atomic E-state index is 13.3. The molecule has 0 unspecified atom stereocenters. The van der Waals surface area contributed by atoms with Crippen molar-refractivity contribution < 1.29 is 18.3 Å². The van der Waals surface area contributed by atoms with Crippen LogP contribution in [0.15, 0.2) is 30.3 Å². The summed E-state index contributed by atoms with van der Waals surface area (Å²) in [7, 11) is 1.81. The fourth-order valence-electron chi connectivity index (χ4n) is 2.59. The van der Waals surface area contributed by atoms with Crippen LogP contribution >= 0.6 is 0 Å². The predicted molar refractivity (Wildman–Crippen MR) is 84.1 cm³/mol. The van der Waals surface area contributed by atoms with E-state index in [4.69, 9.17) is 5.11 Å². The zero-order valence-electron chi connectivity index (χ0n) is 13.0. The van der Waals surface area contributed by atoms with Crippen LogP contribution in [0, 0.1) is 17.5 Å². The number of aromatic nitrogens is 2. The van der Waals surface area contributed by atoms with Crippen molar-refractivity contribution in [3.05, 3.63) is 59.2 Å². The van der Waals surface area contributed by atoms with Crippen molar-refractivity contribution in [2.24, 2.45) is 7.05 Å². The summed E-state index contributed by atoms with van der Waals surface area (Å²) in [6.45, 7) is 0.788. The molecule has 1 aromatic heterocycles. The van der Waals surface area contributed by atoms with Gasteiger partial charge in [0.2, 0.25) is 0 Å². The first-order chi connectivity index (χ1) is 11.5. The molecule has 4 nitrogen and oxygen atoms in total. The largest absolute Gasteiger partial charge is 0.503 e. The molecule has 24 heavy (non-hydrogen) atoms. The number of nitrogens with zero attached hydrogens (tertiary/aromatic N) is 2. The van der Waals surface area contributed by atoms with Gasteiger partial charge >= 0.3 is 0 Å². The third-order valence-electron chi connectivity index (χ3n) is 3.87. The van der Waals surface area contributed by atoms with Gasteiger partial charge in [-0.2, -0.15) is 0 Å². The number of fused-ring (bicyclic) bond motifs is 1. The van der Waals surface area contributed by atoms with Gasteiger partial charge in [0.25, 0.3) is 0 Å². The third kappa shape index (κ3) is 3.21. The van der Waals surface area contributed by atoms with E-state index in [-0.39, 0.29) is 12.4 Å². The minimum atomic E-state index is -0.982. The van der Waals surface area contributed by atoms with Gasteiger partial charge in [0.05, 0.1) is 11.0 Å². The monoisotopic (exact) mass is 335 g/mol. The van der Waals surface area contributed by atoms with Crippen molar-refractivity contribution in [3.8, 4) is 5.75 Å². The van der Waals surface area contributed by atoms with Crippen LogP contribution in [-0.4, -0.2) is 21.2 Å². The highest BCUT2D eigenvalue weighted by atomic mass is 19.1. The molecular formula is C17H16F3N3O. The Labute approximate surface area is 136 Å². The van der Waals surface area contributed by atoms with Gasteiger partial charge in [0, 0.05) is 26.6 Å². The number of imidazole rings is 1. The molecule has 0 aliphatic carbocycles. The summed E-state index contributed by atoms with van der Waals surface area (Å²) in [5.74, 6) is -2.46. The lowest BCUT2D eigenvalue weighted by molar-refractivity contribution is 0.395. The number of benzene rings is 2. The first kappa shape index (κ1) is 16.3. The Morgan fingerprint density at radius 2 is 1.83 bits per heavy atom. The molecule has 0 aliphatic heterocycles. The second-order valence-electron chi connectivity index (χ2n) is 5.55. The maximum absolute atomic E-state index is 13.3. The van der Waals surface area contributed by atoms with E-state index >= 15 is 0 Å². The molecular weight excluding hydrogens is 319 g/mol. The van der Waals surface area contributed by atoms with E-state index in [0.29, 0.717) is 24.0 Å². The number of aryl methyl sites for hydroxylation is 1. The summed E-state index contributed by atoms with van der Waals surface area (Å²) in [5, 5.41) is 12.1. The van der Waals surface area contributed by atoms with Gasteiger partial charge in [-0.25, -0.2) is 18.2 Å². The lowest BCUT2D eigenvalue weighted by Gasteiger charge is -2.07. The minimum absolute atomic E-state index is 0.257. The SMILES string of the molecule is Cn1c(CCNCc2cc(F)c(O)c(F)c2)nc2ccc(F)cc21. The Kier molecular flexibility index (Phi) is 4.44. The molecule has 0 atom stereocenters. The lowest BCUT2D eigenvalue weighted by atomic mass is 10.2. The van der Waals surface area contributed by atoms with Gasteiger partial charge < -0.3 is 15.0 Å². The summed E-state index contributed by atoms with van der Waals surface area (Å²) in [4.78, 5) is 4.44. The average molecular weight is 335 g/mol. The number of hydrogen-bond donors (Lipinski definition) is 2. The van der Waals surface area contributed by atoms with E-state index in [9.17, 15) is 13.2 Å². The zero-order chi connectivity index (χ0) is 17.3. The summed E-state index contributed by atoms with van der Waals surface area (Å²) in [6.07, 6.45) is 0.579. The quantitative estimate of drug-likeness (QED) is 0.705. The highest BCUT2D eigenvalue weighted by Gasteiger charge is 2.10. The van der Waals surface area contributed by atoms with Crippen molar-refractivity contribution >= 4 is 11.0 Å². The fraction of sp³-hybridized carbons (Fsp3) is 0.235. The van der Waals surface area contributed by atoms with Gasteiger partial charge in [-0.3, -0.25) is 0 Å². The summed E-state index contributed by atoms with van der Waals surface area (Å²) < 4.78 is 41.6. The van der Waals surface area contributed by atoms with E-state index in [1.54, 1.807) is 6.07 Å². The predicted octanol–water partition coefficient (Wildman–Crippen LogP) is 3.03. The molecule has 126 valence electrons. The number of nitrogens with one attached hydrogen (secondary N) is 1. The van der Waals surface area contributed by atoms with Crippen molar-refractivity contribution in [3.63, 3.8) is 0 Å². The molecule has 1 heterocycles. The molecule has 0 bridgehead atoms. The van der Waals surface area contributed by atoms with Crippen molar-refractivity contribution in [2.45, 2.75) is 13.0 Å². The molecule has 3 aromatic rings. The Bertz CT molecular complexity index is 869. The van der Waals surface area contributed by atoms with Crippen molar-refractivity contribution in [1.82, 2.24) is 14.9 Å². The fourth-order valence-corrected chi connectivity index (χ4v) is 2.59. The van der Waals surface area contributed by atoms with Gasteiger partial charge in [0.15, 0.2) is 17.4 Å². The van der Waals surface area contributed by atoms with Crippen LogP contribution in [0.4, 0.5) is 13.2 Å². The van der Waals surface area contributed by atoms with E-state index in [1.807, 2.05) is 11.6 Å². The minimum Gasteiger partial charge on any atom is -0.503 e. The molecule has 0 aliphatic rings. The smallest absolute Gasteiger partial charge is 0.187 e. The molecule has 0 amide bonds. The van der Waals surface area contributed by atoms with Gasteiger partial charge in [-0.1, -0.05) is 0 Å². The zero-order valence-corrected chi connectivity index (χ0v) is 13.0. The van der Waals surface area contributed by atoms with Crippen LogP contribution in [-0.2, 0) is 20.0 Å². The number of aromatic hydroxyl groups is 1. The normalized spacial score (nSPS) is 11.3. The topological polar surface area (TPSA) is 50.1 Å². The highest BCUT2D eigenvalue weighted by molar-refractivity contribution is 5.75. The first-order valence-corrected chi connectivity index (χ1v) is 7.44. The number of phenolic OH excluding ortho intramolecular Hbond substituents is 1. The molecule has 7 heteroatoms. The van der Waals surface area contributed by atoms with Gasteiger partial charge in [0.1, 0.15) is 11.6 Å². The van der Waals surface area contributed by atoms with E-state index in [1.165, 1.54) is 12.1 Å². The molecule has 0 saturated carbocycles. The standard InChI is InChI=1S/C17H16F3N3O/c1-23-15-8-11(18)2-3-14(15)22-16(23)4-5-21-9-10-6-12(19)17(24)13(20)7-10/h2-3,6-8,21,24H,4-5,9H2,1H3. The second kappa shape index (κ2) is 6.52. The molecule has 2 N–H and O–H groups in total. The Balaban J connectivity index is 1.62. The van der Waals surface area contributed by atoms with Crippen LogP contribution < -0.4 is 5.32 Å². The maximum Gasteiger partial charge on any atom is 0.187 e. The van der Waals surface area contributed by atoms with Gasteiger partial charge in [-0.05, 0) is 35.9 Å². The van der Waals surface area contributed by atoms with Crippen LogP contribution in [0.2, 0.25) is 0 Å². The highest BCUT2D eigenvalue weighted by Crippen LogP contribution is 2.21. The molecule has 0 saturated heterocycles. The molecule has 0 radical (unpaired) electrons. The number of halogens is 3. The van der Waals surface area contributed by atoms with Crippen LogP contribution in [0.25, 0.3) is 11.0 Å². The van der Waals surface area contributed by atoms with E-state index in [2.05, 4.69) is 10.3 Å². The first-order valence-electron chi connectivity index (χ1n) is 7.44. The van der Waals surface area contributed by atoms with Crippen LogP contribution in [0.1, 0.15) is 11.4 Å². The Hall–Kier alpha value is -2.54. The van der Waals surface area contributed by atoms with E-state index in [0.717, 1.165) is 23.5 Å². The Morgan fingerprint density at radius 3 is 2.54 bits per heavy atom. The summed E-state index contributed by atoms with van der Waals surface area (Å²) in [6, 6.07) is 6.60. The lowest BCUT2D eigenvalue weighted by Crippen LogP contribution is -2.18. The third-order valence-corrected chi connectivity index (χ3v) is 3.87. The van der Waals surface area contributed by atoms with Crippen molar-refractivity contribution in [1.29, 1.82) is 0 Å². The second-order valence-corrected chi connectivity index (χ2v) is 5.55. The average Bonchev–Trinajstić information content (AvgIpc) is 2.85. The number of rotatable bonds is 5. The Morgan fingerprint density at radius 1 is 1.12 bits per heavy atom. The summed E-state index contributed by atoms with van der Waals surface area (Å²) >= 11 is 0. The molecule has 0 fully saturated rings. The molecule has 0 spiro atoms. The van der Waals surface area contributed by atoms with Crippen LogP contribution in [0.5, 0.6) is 5.75 Å². The van der Waals surface area contributed by atoms with Crippen molar-refractivity contribution in [2.75, 3.05) is 6.54 Å². The van der Waals surface area contributed by atoms with Gasteiger partial charge in [-0.15, -0.1) is 0 Å². The van der Waals surface area contributed by atoms with E-state index < -0.39 is 17.4 Å². The molecule has 2 aromatic carbocycles. The summed E-state index contributed by atoms with van der Waals surface area (Å²) in [5.41, 5.74) is 1.83. The molecule has 3 rings (SSSR count).